The monoisotopic (exact) mass is 309 g/mol. The van der Waals surface area contributed by atoms with Gasteiger partial charge in [0.25, 0.3) is 0 Å². The van der Waals surface area contributed by atoms with Crippen molar-refractivity contribution in [3.8, 4) is 5.75 Å². The van der Waals surface area contributed by atoms with E-state index in [1.165, 1.54) is 12.1 Å². The van der Waals surface area contributed by atoms with Crippen molar-refractivity contribution in [3.05, 3.63) is 29.6 Å². The number of ether oxygens (including phenoxy) is 1. The SMILES string of the molecule is COCCCC1CCCCN1C(=O)Cc1ccc(O)c(F)c1. The van der Waals surface area contributed by atoms with E-state index in [4.69, 9.17) is 4.74 Å². The summed E-state index contributed by atoms with van der Waals surface area (Å²) in [4.78, 5) is 14.5. The Kier molecular flexibility index (Phi) is 6.19. The van der Waals surface area contributed by atoms with Gasteiger partial charge in [0.05, 0.1) is 6.42 Å². The van der Waals surface area contributed by atoms with Crippen LogP contribution in [0.3, 0.4) is 0 Å². The summed E-state index contributed by atoms with van der Waals surface area (Å²) in [5, 5.41) is 9.21. The highest BCUT2D eigenvalue weighted by atomic mass is 19.1. The van der Waals surface area contributed by atoms with Crippen molar-refractivity contribution >= 4 is 5.91 Å². The maximum absolute atomic E-state index is 13.4. The van der Waals surface area contributed by atoms with Gasteiger partial charge in [-0.25, -0.2) is 4.39 Å². The third kappa shape index (κ3) is 4.44. The lowest BCUT2D eigenvalue weighted by molar-refractivity contribution is -0.134. The molecule has 0 saturated carbocycles. The van der Waals surface area contributed by atoms with Crippen LogP contribution in [0.4, 0.5) is 4.39 Å². The van der Waals surface area contributed by atoms with Crippen molar-refractivity contribution in [1.29, 1.82) is 0 Å². The van der Waals surface area contributed by atoms with E-state index in [-0.39, 0.29) is 24.1 Å². The number of hydrogen-bond acceptors (Lipinski definition) is 3. The van der Waals surface area contributed by atoms with Crippen LogP contribution >= 0.6 is 0 Å². The highest BCUT2D eigenvalue weighted by molar-refractivity contribution is 5.79. The first-order chi connectivity index (χ1) is 10.6. The number of carbonyl (C=O) groups is 1. The number of methoxy groups -OCH3 is 1. The molecule has 0 spiro atoms. The molecule has 0 bridgehead atoms. The van der Waals surface area contributed by atoms with E-state index >= 15 is 0 Å². The molecule has 1 N–H and O–H groups in total. The van der Waals surface area contributed by atoms with Crippen LogP contribution in [0.2, 0.25) is 0 Å². The first kappa shape index (κ1) is 16.7. The molecule has 122 valence electrons. The first-order valence-electron chi connectivity index (χ1n) is 7.87. The lowest BCUT2D eigenvalue weighted by atomic mass is 9.97. The topological polar surface area (TPSA) is 49.8 Å². The fourth-order valence-electron chi connectivity index (χ4n) is 3.03. The Morgan fingerprint density at radius 3 is 3.00 bits per heavy atom. The Balaban J connectivity index is 1.97. The first-order valence-corrected chi connectivity index (χ1v) is 7.87. The van der Waals surface area contributed by atoms with Gasteiger partial charge in [-0.2, -0.15) is 0 Å². The molecule has 1 fully saturated rings. The molecule has 0 radical (unpaired) electrons. The highest BCUT2D eigenvalue weighted by Gasteiger charge is 2.26. The second-order valence-electron chi connectivity index (χ2n) is 5.83. The number of piperidine rings is 1. The summed E-state index contributed by atoms with van der Waals surface area (Å²) < 4.78 is 18.4. The van der Waals surface area contributed by atoms with Crippen LogP contribution in [0.15, 0.2) is 18.2 Å². The maximum Gasteiger partial charge on any atom is 0.227 e. The van der Waals surface area contributed by atoms with Crippen molar-refractivity contribution < 1.29 is 19.0 Å². The molecule has 22 heavy (non-hydrogen) atoms. The number of rotatable bonds is 6. The third-order valence-corrected chi connectivity index (χ3v) is 4.20. The fraction of sp³-hybridized carbons (Fsp3) is 0.588. The van der Waals surface area contributed by atoms with Gasteiger partial charge in [0.15, 0.2) is 11.6 Å². The van der Waals surface area contributed by atoms with Crippen LogP contribution in [0, 0.1) is 5.82 Å². The van der Waals surface area contributed by atoms with Crippen LogP contribution in [0.1, 0.15) is 37.7 Å². The van der Waals surface area contributed by atoms with Gasteiger partial charge >= 0.3 is 0 Å². The van der Waals surface area contributed by atoms with E-state index in [0.29, 0.717) is 12.2 Å². The van der Waals surface area contributed by atoms with Gasteiger partial charge in [0, 0.05) is 26.3 Å². The van der Waals surface area contributed by atoms with E-state index < -0.39 is 5.82 Å². The number of aromatic hydroxyl groups is 1. The molecule has 0 aliphatic carbocycles. The molecular formula is C17H24FNO3. The number of nitrogens with zero attached hydrogens (tertiary/aromatic N) is 1. The summed E-state index contributed by atoms with van der Waals surface area (Å²) in [7, 11) is 1.68. The molecule has 1 saturated heterocycles. The van der Waals surface area contributed by atoms with Gasteiger partial charge in [-0.3, -0.25) is 4.79 Å². The molecule has 2 rings (SSSR count). The van der Waals surface area contributed by atoms with Gasteiger partial charge in [-0.1, -0.05) is 6.07 Å². The van der Waals surface area contributed by atoms with Crippen LogP contribution in [0.25, 0.3) is 0 Å². The molecule has 1 amide bonds. The quantitative estimate of drug-likeness (QED) is 0.822. The number of phenols is 1. The number of carbonyl (C=O) groups excluding carboxylic acids is 1. The highest BCUT2D eigenvalue weighted by Crippen LogP contribution is 2.23. The molecule has 1 heterocycles. The van der Waals surface area contributed by atoms with Crippen molar-refractivity contribution in [2.75, 3.05) is 20.3 Å². The second kappa shape index (κ2) is 8.13. The van der Waals surface area contributed by atoms with E-state index in [1.807, 2.05) is 4.90 Å². The second-order valence-corrected chi connectivity index (χ2v) is 5.83. The Bertz CT molecular complexity index is 507. The standard InChI is InChI=1S/C17H24FNO3/c1-22-10-4-6-14-5-2-3-9-19(14)17(21)12-13-7-8-16(20)15(18)11-13/h7-8,11,14,20H,2-6,9-10,12H2,1H3. The third-order valence-electron chi connectivity index (χ3n) is 4.20. The number of phenolic OH excluding ortho intramolecular Hbond substituents is 1. The Hall–Kier alpha value is -1.62. The summed E-state index contributed by atoms with van der Waals surface area (Å²) in [5.74, 6) is -1.03. The molecule has 5 heteroatoms. The molecule has 1 aromatic rings. The van der Waals surface area contributed by atoms with Gasteiger partial charge < -0.3 is 14.7 Å². The normalized spacial score (nSPS) is 18.5. The molecule has 1 aliphatic heterocycles. The minimum absolute atomic E-state index is 0.0345. The lowest BCUT2D eigenvalue weighted by Gasteiger charge is -2.36. The molecular weight excluding hydrogens is 285 g/mol. The van der Waals surface area contributed by atoms with E-state index in [1.54, 1.807) is 13.2 Å². The molecule has 1 unspecified atom stereocenters. The zero-order chi connectivity index (χ0) is 15.9. The summed E-state index contributed by atoms with van der Waals surface area (Å²) in [5.41, 5.74) is 0.599. The van der Waals surface area contributed by atoms with Crippen molar-refractivity contribution in [2.45, 2.75) is 44.6 Å². The largest absolute Gasteiger partial charge is 0.505 e. The van der Waals surface area contributed by atoms with Gasteiger partial charge in [0.1, 0.15) is 0 Å². The van der Waals surface area contributed by atoms with Gasteiger partial charge in [-0.05, 0) is 49.8 Å². The van der Waals surface area contributed by atoms with Crippen LogP contribution in [0.5, 0.6) is 5.75 Å². The number of amides is 1. The molecule has 1 atom stereocenters. The zero-order valence-corrected chi connectivity index (χ0v) is 13.1. The number of benzene rings is 1. The predicted octanol–water partition coefficient (Wildman–Crippen LogP) is 2.88. The maximum atomic E-state index is 13.4. The van der Waals surface area contributed by atoms with Crippen molar-refractivity contribution in [3.63, 3.8) is 0 Å². The van der Waals surface area contributed by atoms with E-state index in [9.17, 15) is 14.3 Å². The van der Waals surface area contributed by atoms with Crippen LogP contribution in [-0.4, -0.2) is 42.2 Å². The zero-order valence-electron chi connectivity index (χ0n) is 13.1. The smallest absolute Gasteiger partial charge is 0.227 e. The average Bonchev–Trinajstić information content (AvgIpc) is 2.51. The fourth-order valence-corrected chi connectivity index (χ4v) is 3.03. The van der Waals surface area contributed by atoms with E-state index in [2.05, 4.69) is 0 Å². The molecule has 1 aliphatic rings. The number of halogens is 1. The number of hydrogen-bond donors (Lipinski definition) is 1. The Morgan fingerprint density at radius 1 is 1.45 bits per heavy atom. The molecule has 4 nitrogen and oxygen atoms in total. The van der Waals surface area contributed by atoms with Crippen LogP contribution < -0.4 is 0 Å². The number of likely N-dealkylation sites (tertiary alicyclic amines) is 1. The Morgan fingerprint density at radius 2 is 2.27 bits per heavy atom. The lowest BCUT2D eigenvalue weighted by Crippen LogP contribution is -2.44. The summed E-state index contributed by atoms with van der Waals surface area (Å²) in [6, 6.07) is 4.39. The molecule has 0 aromatic heterocycles. The van der Waals surface area contributed by atoms with Gasteiger partial charge in [-0.15, -0.1) is 0 Å². The summed E-state index contributed by atoms with van der Waals surface area (Å²) >= 11 is 0. The van der Waals surface area contributed by atoms with Crippen molar-refractivity contribution in [2.24, 2.45) is 0 Å². The molecule has 1 aromatic carbocycles. The van der Waals surface area contributed by atoms with E-state index in [0.717, 1.165) is 38.6 Å². The van der Waals surface area contributed by atoms with Gasteiger partial charge in [0.2, 0.25) is 5.91 Å². The van der Waals surface area contributed by atoms with Crippen molar-refractivity contribution in [1.82, 2.24) is 4.90 Å². The summed E-state index contributed by atoms with van der Waals surface area (Å²) in [6.07, 6.45) is 5.27. The summed E-state index contributed by atoms with van der Waals surface area (Å²) in [6.45, 7) is 1.48. The van der Waals surface area contributed by atoms with Crippen LogP contribution in [-0.2, 0) is 16.0 Å². The predicted molar refractivity (Wildman–Crippen MR) is 82.2 cm³/mol. The minimum Gasteiger partial charge on any atom is -0.505 e. The average molecular weight is 309 g/mol. The minimum atomic E-state index is -0.680. The Labute approximate surface area is 130 Å².